The van der Waals surface area contributed by atoms with Crippen LogP contribution in [0.25, 0.3) is 5.65 Å². The fourth-order valence-corrected chi connectivity index (χ4v) is 2.40. The number of aromatic nitrogens is 4. The van der Waals surface area contributed by atoms with Gasteiger partial charge in [0.1, 0.15) is 5.69 Å². The van der Waals surface area contributed by atoms with Crippen LogP contribution in [0.2, 0.25) is 5.02 Å². The molecule has 2 aromatic heterocycles. The van der Waals surface area contributed by atoms with Crippen molar-refractivity contribution in [2.45, 2.75) is 20.3 Å². The van der Waals surface area contributed by atoms with Gasteiger partial charge in [0.15, 0.2) is 11.4 Å². The molecule has 0 aliphatic heterocycles. The summed E-state index contributed by atoms with van der Waals surface area (Å²) in [7, 11) is 0. The van der Waals surface area contributed by atoms with Gasteiger partial charge in [-0.3, -0.25) is 4.79 Å². The highest BCUT2D eigenvalue weighted by Gasteiger charge is 2.14. The standard InChI is InChI=1S/C15H13ClN4O/c1-9-14(10(2)21)18-19-15-12(8-17-20(9)15)7-11-3-5-13(16)6-4-11/h3-6,8H,7H2,1-2H3. The number of hydrogen-bond acceptors (Lipinski definition) is 4. The molecular weight excluding hydrogens is 288 g/mol. The van der Waals surface area contributed by atoms with E-state index in [1.807, 2.05) is 31.2 Å². The lowest BCUT2D eigenvalue weighted by Gasteiger charge is -2.03. The predicted octanol–water partition coefficient (Wildman–Crippen LogP) is 2.88. The summed E-state index contributed by atoms with van der Waals surface area (Å²) in [5.74, 6) is -0.114. The smallest absolute Gasteiger partial charge is 0.181 e. The topological polar surface area (TPSA) is 60.2 Å². The summed E-state index contributed by atoms with van der Waals surface area (Å²) >= 11 is 5.89. The number of benzene rings is 1. The summed E-state index contributed by atoms with van der Waals surface area (Å²) in [4.78, 5) is 11.5. The van der Waals surface area contributed by atoms with Crippen LogP contribution in [-0.2, 0) is 6.42 Å². The van der Waals surface area contributed by atoms with Crippen LogP contribution in [0.5, 0.6) is 0 Å². The van der Waals surface area contributed by atoms with E-state index in [0.717, 1.165) is 11.1 Å². The van der Waals surface area contributed by atoms with E-state index in [0.29, 0.717) is 28.5 Å². The molecular formula is C15H13ClN4O. The first kappa shape index (κ1) is 13.7. The lowest BCUT2D eigenvalue weighted by atomic mass is 10.1. The number of nitrogens with zero attached hydrogens (tertiary/aromatic N) is 4. The molecule has 0 bridgehead atoms. The fraction of sp³-hybridized carbons (Fsp3) is 0.200. The maximum absolute atomic E-state index is 11.5. The Bertz CT molecular complexity index is 824. The molecule has 0 spiro atoms. The van der Waals surface area contributed by atoms with Gasteiger partial charge in [-0.1, -0.05) is 23.7 Å². The molecule has 0 saturated heterocycles. The van der Waals surface area contributed by atoms with Crippen molar-refractivity contribution in [2.24, 2.45) is 0 Å². The van der Waals surface area contributed by atoms with Gasteiger partial charge in [0, 0.05) is 23.9 Å². The van der Waals surface area contributed by atoms with Crippen LogP contribution in [0, 0.1) is 6.92 Å². The third-order valence-electron chi connectivity index (χ3n) is 3.36. The van der Waals surface area contributed by atoms with Crippen molar-refractivity contribution in [3.63, 3.8) is 0 Å². The molecule has 3 aromatic rings. The number of aryl methyl sites for hydroxylation is 1. The zero-order valence-electron chi connectivity index (χ0n) is 11.7. The van der Waals surface area contributed by atoms with Crippen LogP contribution in [-0.4, -0.2) is 25.6 Å². The van der Waals surface area contributed by atoms with Gasteiger partial charge in [-0.2, -0.15) is 5.10 Å². The zero-order valence-corrected chi connectivity index (χ0v) is 12.4. The molecule has 0 amide bonds. The third kappa shape index (κ3) is 2.52. The monoisotopic (exact) mass is 300 g/mol. The Hall–Kier alpha value is -2.27. The molecule has 0 fully saturated rings. The zero-order chi connectivity index (χ0) is 15.0. The van der Waals surface area contributed by atoms with E-state index < -0.39 is 0 Å². The predicted molar refractivity (Wildman–Crippen MR) is 79.8 cm³/mol. The van der Waals surface area contributed by atoms with Gasteiger partial charge in [-0.25, -0.2) is 4.52 Å². The summed E-state index contributed by atoms with van der Waals surface area (Å²) in [6, 6.07) is 7.65. The molecule has 0 aliphatic rings. The van der Waals surface area contributed by atoms with E-state index in [2.05, 4.69) is 15.3 Å². The highest BCUT2D eigenvalue weighted by atomic mass is 35.5. The van der Waals surface area contributed by atoms with Crippen molar-refractivity contribution in [3.8, 4) is 0 Å². The Morgan fingerprint density at radius 1 is 1.24 bits per heavy atom. The number of halogens is 1. The number of carbonyl (C=O) groups is 1. The van der Waals surface area contributed by atoms with Gasteiger partial charge in [-0.15, -0.1) is 10.2 Å². The van der Waals surface area contributed by atoms with Crippen molar-refractivity contribution in [3.05, 3.63) is 58.0 Å². The fourth-order valence-electron chi connectivity index (χ4n) is 2.27. The molecule has 0 radical (unpaired) electrons. The number of fused-ring (bicyclic) bond motifs is 1. The molecule has 5 nitrogen and oxygen atoms in total. The first-order valence-corrected chi connectivity index (χ1v) is 6.89. The average molecular weight is 301 g/mol. The van der Waals surface area contributed by atoms with Gasteiger partial charge in [0.25, 0.3) is 0 Å². The van der Waals surface area contributed by atoms with Gasteiger partial charge in [-0.05, 0) is 24.6 Å². The van der Waals surface area contributed by atoms with E-state index in [9.17, 15) is 4.79 Å². The minimum atomic E-state index is -0.114. The Kier molecular flexibility index (Phi) is 3.43. The Labute approximate surface area is 126 Å². The van der Waals surface area contributed by atoms with E-state index in [4.69, 9.17) is 11.6 Å². The molecule has 3 rings (SSSR count). The van der Waals surface area contributed by atoms with Crippen molar-refractivity contribution in [2.75, 3.05) is 0 Å². The normalized spacial score (nSPS) is 11.0. The molecule has 21 heavy (non-hydrogen) atoms. The van der Waals surface area contributed by atoms with Crippen molar-refractivity contribution in [1.29, 1.82) is 0 Å². The lowest BCUT2D eigenvalue weighted by Crippen LogP contribution is -2.09. The lowest BCUT2D eigenvalue weighted by molar-refractivity contribution is 0.101. The highest BCUT2D eigenvalue weighted by Crippen LogP contribution is 2.17. The van der Waals surface area contributed by atoms with Crippen LogP contribution < -0.4 is 0 Å². The molecule has 0 saturated carbocycles. The maximum Gasteiger partial charge on any atom is 0.181 e. The summed E-state index contributed by atoms with van der Waals surface area (Å²) in [5.41, 5.74) is 3.80. The van der Waals surface area contributed by atoms with E-state index in [1.54, 1.807) is 10.7 Å². The molecule has 0 unspecified atom stereocenters. The molecule has 2 heterocycles. The SMILES string of the molecule is CC(=O)c1nnc2c(Cc3ccc(Cl)cc3)cnn2c1C. The van der Waals surface area contributed by atoms with E-state index in [1.165, 1.54) is 6.92 Å². The summed E-state index contributed by atoms with van der Waals surface area (Å²) < 4.78 is 1.66. The second kappa shape index (κ2) is 5.26. The molecule has 1 aromatic carbocycles. The first-order chi connectivity index (χ1) is 10.1. The molecule has 0 atom stereocenters. The van der Waals surface area contributed by atoms with Crippen LogP contribution in [0.4, 0.5) is 0 Å². The van der Waals surface area contributed by atoms with Crippen molar-refractivity contribution >= 4 is 23.0 Å². The number of ketones is 1. The van der Waals surface area contributed by atoms with Crippen LogP contribution in [0.15, 0.2) is 30.5 Å². The second-order valence-electron chi connectivity index (χ2n) is 4.90. The maximum atomic E-state index is 11.5. The Morgan fingerprint density at radius 3 is 2.62 bits per heavy atom. The number of hydrogen-bond donors (Lipinski definition) is 0. The van der Waals surface area contributed by atoms with E-state index in [-0.39, 0.29) is 5.78 Å². The van der Waals surface area contributed by atoms with Crippen molar-refractivity contribution < 1.29 is 4.79 Å². The molecule has 0 aliphatic carbocycles. The Morgan fingerprint density at radius 2 is 1.95 bits per heavy atom. The number of Topliss-reactive ketones (excluding diaryl/α,β-unsaturated/α-hetero) is 1. The second-order valence-corrected chi connectivity index (χ2v) is 5.34. The largest absolute Gasteiger partial charge is 0.293 e. The minimum Gasteiger partial charge on any atom is -0.293 e. The molecule has 6 heteroatoms. The average Bonchev–Trinajstić information content (AvgIpc) is 2.85. The Balaban J connectivity index is 2.03. The third-order valence-corrected chi connectivity index (χ3v) is 3.62. The number of rotatable bonds is 3. The van der Waals surface area contributed by atoms with Gasteiger partial charge >= 0.3 is 0 Å². The van der Waals surface area contributed by atoms with Gasteiger partial charge in [0.05, 0.1) is 11.9 Å². The van der Waals surface area contributed by atoms with Gasteiger partial charge < -0.3 is 0 Å². The van der Waals surface area contributed by atoms with Crippen molar-refractivity contribution in [1.82, 2.24) is 19.8 Å². The minimum absolute atomic E-state index is 0.114. The number of carbonyl (C=O) groups excluding carboxylic acids is 1. The van der Waals surface area contributed by atoms with Crippen LogP contribution in [0.1, 0.15) is 34.2 Å². The highest BCUT2D eigenvalue weighted by molar-refractivity contribution is 6.30. The quantitative estimate of drug-likeness (QED) is 0.698. The molecule has 0 N–H and O–H groups in total. The van der Waals surface area contributed by atoms with Crippen LogP contribution >= 0.6 is 11.6 Å². The van der Waals surface area contributed by atoms with E-state index >= 15 is 0 Å². The van der Waals surface area contributed by atoms with Crippen LogP contribution in [0.3, 0.4) is 0 Å². The van der Waals surface area contributed by atoms with Gasteiger partial charge in [0.2, 0.25) is 0 Å². The first-order valence-electron chi connectivity index (χ1n) is 6.51. The summed E-state index contributed by atoms with van der Waals surface area (Å²) in [6.07, 6.45) is 2.45. The molecule has 106 valence electrons. The summed E-state index contributed by atoms with van der Waals surface area (Å²) in [6.45, 7) is 3.29. The summed E-state index contributed by atoms with van der Waals surface area (Å²) in [5, 5.41) is 13.2.